The van der Waals surface area contributed by atoms with Gasteiger partial charge in [0.2, 0.25) is 0 Å². The summed E-state index contributed by atoms with van der Waals surface area (Å²) in [5, 5.41) is 26.8. The molecule has 0 radical (unpaired) electrons. The lowest BCUT2D eigenvalue weighted by molar-refractivity contribution is -0.385. The largest absolute Gasteiger partial charge is 0.409 e. The average Bonchev–Trinajstić information content (AvgIpc) is 2.73. The van der Waals surface area contributed by atoms with E-state index in [0.29, 0.717) is 5.82 Å². The average molecular weight is 290 g/mol. The normalized spacial score (nSPS) is 11.7. The summed E-state index contributed by atoms with van der Waals surface area (Å²) in [7, 11) is 0. The van der Waals surface area contributed by atoms with Crippen molar-refractivity contribution in [3.8, 4) is 5.82 Å². The Morgan fingerprint density at radius 1 is 1.43 bits per heavy atom. The van der Waals surface area contributed by atoms with E-state index in [9.17, 15) is 10.1 Å². The standard InChI is InChI=1S/C12H14N6O3/c1-6-7(2)15-17(8(6)3)10-5-4-9(18(20)21)11(14-10)12(13)16-19/h4-5,19H,1-3H3,(H2,13,16). The van der Waals surface area contributed by atoms with Gasteiger partial charge >= 0.3 is 0 Å². The molecule has 2 heterocycles. The van der Waals surface area contributed by atoms with Gasteiger partial charge in [0.25, 0.3) is 5.69 Å². The lowest BCUT2D eigenvalue weighted by atomic mass is 10.2. The molecule has 3 N–H and O–H groups in total. The minimum atomic E-state index is -0.642. The van der Waals surface area contributed by atoms with Crippen LogP contribution < -0.4 is 5.73 Å². The van der Waals surface area contributed by atoms with Crippen molar-refractivity contribution >= 4 is 11.5 Å². The number of hydrogen-bond donors (Lipinski definition) is 2. The summed E-state index contributed by atoms with van der Waals surface area (Å²) >= 11 is 0. The Balaban J connectivity index is 2.67. The SMILES string of the molecule is Cc1nn(-c2ccc([N+](=O)[O-])c(/C(N)=N/O)n2)c(C)c1C. The van der Waals surface area contributed by atoms with E-state index in [0.717, 1.165) is 17.0 Å². The quantitative estimate of drug-likeness (QED) is 0.287. The molecular formula is C12H14N6O3. The second kappa shape index (κ2) is 5.19. The van der Waals surface area contributed by atoms with Crippen LogP contribution in [-0.4, -0.2) is 30.7 Å². The third kappa shape index (κ3) is 2.40. The van der Waals surface area contributed by atoms with Gasteiger partial charge in [-0.05, 0) is 32.4 Å². The minimum Gasteiger partial charge on any atom is -0.409 e. The highest BCUT2D eigenvalue weighted by atomic mass is 16.6. The molecule has 2 rings (SSSR count). The van der Waals surface area contributed by atoms with Gasteiger partial charge in [-0.2, -0.15) is 5.10 Å². The first kappa shape index (κ1) is 14.4. The fraction of sp³-hybridized carbons (Fsp3) is 0.250. The minimum absolute atomic E-state index is 0.204. The van der Waals surface area contributed by atoms with Crippen molar-refractivity contribution < 1.29 is 10.1 Å². The van der Waals surface area contributed by atoms with Gasteiger partial charge in [-0.1, -0.05) is 5.16 Å². The molecule has 0 spiro atoms. The smallest absolute Gasteiger partial charge is 0.298 e. The maximum absolute atomic E-state index is 11.0. The lowest BCUT2D eigenvalue weighted by Crippen LogP contribution is -2.18. The molecule has 0 aliphatic carbocycles. The topological polar surface area (TPSA) is 132 Å². The van der Waals surface area contributed by atoms with Gasteiger partial charge in [-0.3, -0.25) is 10.1 Å². The highest BCUT2D eigenvalue weighted by Gasteiger charge is 2.21. The van der Waals surface area contributed by atoms with Gasteiger partial charge in [-0.15, -0.1) is 0 Å². The van der Waals surface area contributed by atoms with Crippen molar-refractivity contribution in [2.45, 2.75) is 20.8 Å². The molecule has 0 atom stereocenters. The second-order valence-corrected chi connectivity index (χ2v) is 4.49. The van der Waals surface area contributed by atoms with Gasteiger partial charge in [0.1, 0.15) is 0 Å². The molecule has 0 bridgehead atoms. The molecule has 0 aliphatic rings. The number of aryl methyl sites for hydroxylation is 1. The van der Waals surface area contributed by atoms with E-state index < -0.39 is 10.8 Å². The fourth-order valence-corrected chi connectivity index (χ4v) is 1.89. The zero-order valence-corrected chi connectivity index (χ0v) is 11.7. The van der Waals surface area contributed by atoms with Crippen molar-refractivity contribution in [2.75, 3.05) is 0 Å². The first-order chi connectivity index (χ1) is 9.86. The van der Waals surface area contributed by atoms with Gasteiger partial charge < -0.3 is 10.9 Å². The number of aromatic nitrogens is 3. The summed E-state index contributed by atoms with van der Waals surface area (Å²) in [6, 6.07) is 2.71. The number of oxime groups is 1. The van der Waals surface area contributed by atoms with Gasteiger partial charge in [0.15, 0.2) is 17.3 Å². The molecule has 0 saturated carbocycles. The highest BCUT2D eigenvalue weighted by molar-refractivity contribution is 5.98. The molecule has 0 saturated heterocycles. The van der Waals surface area contributed by atoms with E-state index in [2.05, 4.69) is 15.2 Å². The van der Waals surface area contributed by atoms with Crippen LogP contribution in [0.15, 0.2) is 17.3 Å². The van der Waals surface area contributed by atoms with E-state index in [1.165, 1.54) is 12.1 Å². The molecule has 0 aliphatic heterocycles. The molecule has 9 nitrogen and oxygen atoms in total. The predicted octanol–water partition coefficient (Wildman–Crippen LogP) is 1.20. The van der Waals surface area contributed by atoms with Crippen molar-refractivity contribution in [1.29, 1.82) is 0 Å². The van der Waals surface area contributed by atoms with Gasteiger partial charge in [-0.25, -0.2) is 9.67 Å². The summed E-state index contributed by atoms with van der Waals surface area (Å²) in [6.07, 6.45) is 0. The van der Waals surface area contributed by atoms with E-state index >= 15 is 0 Å². The Labute approximate surface area is 119 Å². The number of pyridine rings is 1. The number of rotatable bonds is 3. The Morgan fingerprint density at radius 3 is 2.57 bits per heavy atom. The first-order valence-corrected chi connectivity index (χ1v) is 6.03. The molecule has 0 fully saturated rings. The lowest BCUT2D eigenvalue weighted by Gasteiger charge is -2.06. The maximum Gasteiger partial charge on any atom is 0.298 e. The van der Waals surface area contributed by atoms with Crippen LogP contribution in [-0.2, 0) is 0 Å². The molecule has 2 aromatic rings. The van der Waals surface area contributed by atoms with E-state index in [1.54, 1.807) is 4.68 Å². The van der Waals surface area contributed by atoms with Crippen LogP contribution in [0.4, 0.5) is 5.69 Å². The predicted molar refractivity (Wildman–Crippen MR) is 74.7 cm³/mol. The Bertz CT molecular complexity index is 750. The Hall–Kier alpha value is -2.97. The fourth-order valence-electron chi connectivity index (χ4n) is 1.89. The summed E-state index contributed by atoms with van der Waals surface area (Å²) in [5.41, 5.74) is 7.60. The molecule has 9 heteroatoms. The number of nitrogens with zero attached hydrogens (tertiary/aromatic N) is 5. The molecular weight excluding hydrogens is 276 g/mol. The maximum atomic E-state index is 11.0. The van der Waals surface area contributed by atoms with Crippen LogP contribution >= 0.6 is 0 Å². The number of amidine groups is 1. The third-order valence-electron chi connectivity index (χ3n) is 3.28. The Morgan fingerprint density at radius 2 is 2.10 bits per heavy atom. The van der Waals surface area contributed by atoms with Crippen molar-refractivity contribution in [3.63, 3.8) is 0 Å². The van der Waals surface area contributed by atoms with Crippen LogP contribution in [0.25, 0.3) is 5.82 Å². The molecule has 2 aromatic heterocycles. The van der Waals surface area contributed by atoms with Crippen LogP contribution in [0.3, 0.4) is 0 Å². The summed E-state index contributed by atoms with van der Waals surface area (Å²) in [6.45, 7) is 5.64. The Kier molecular flexibility index (Phi) is 3.57. The first-order valence-electron chi connectivity index (χ1n) is 6.03. The van der Waals surface area contributed by atoms with E-state index in [4.69, 9.17) is 10.9 Å². The summed E-state index contributed by atoms with van der Waals surface area (Å²) in [4.78, 5) is 14.4. The van der Waals surface area contributed by atoms with E-state index in [-0.39, 0.29) is 11.4 Å². The zero-order valence-electron chi connectivity index (χ0n) is 11.7. The molecule has 0 unspecified atom stereocenters. The number of hydrogen-bond acceptors (Lipinski definition) is 6. The van der Waals surface area contributed by atoms with Crippen LogP contribution in [0.1, 0.15) is 22.6 Å². The van der Waals surface area contributed by atoms with Gasteiger partial charge in [0.05, 0.1) is 10.6 Å². The van der Waals surface area contributed by atoms with Crippen molar-refractivity contribution in [2.24, 2.45) is 10.9 Å². The molecule has 0 aromatic carbocycles. The summed E-state index contributed by atoms with van der Waals surface area (Å²) < 4.78 is 1.56. The van der Waals surface area contributed by atoms with Crippen LogP contribution in [0, 0.1) is 30.9 Å². The molecule has 21 heavy (non-hydrogen) atoms. The van der Waals surface area contributed by atoms with Crippen molar-refractivity contribution in [3.05, 3.63) is 44.9 Å². The number of nitrogens with two attached hydrogens (primary N) is 1. The monoisotopic (exact) mass is 290 g/mol. The molecule has 0 amide bonds. The summed E-state index contributed by atoms with van der Waals surface area (Å²) in [5.74, 6) is -0.0716. The molecule has 110 valence electrons. The third-order valence-corrected chi connectivity index (χ3v) is 3.28. The number of nitro groups is 1. The van der Waals surface area contributed by atoms with Crippen LogP contribution in [0.2, 0.25) is 0 Å². The highest BCUT2D eigenvalue weighted by Crippen LogP contribution is 2.21. The zero-order chi connectivity index (χ0) is 15.7. The van der Waals surface area contributed by atoms with Crippen LogP contribution in [0.5, 0.6) is 0 Å². The second-order valence-electron chi connectivity index (χ2n) is 4.49. The van der Waals surface area contributed by atoms with Gasteiger partial charge in [0, 0.05) is 11.8 Å². The van der Waals surface area contributed by atoms with Crippen molar-refractivity contribution in [1.82, 2.24) is 14.8 Å². The van der Waals surface area contributed by atoms with E-state index in [1.807, 2.05) is 20.8 Å².